The van der Waals surface area contributed by atoms with Crippen molar-refractivity contribution in [2.75, 3.05) is 11.9 Å². The molecule has 0 aliphatic heterocycles. The number of thiazole rings is 1. The normalized spacial score (nSPS) is 11.8. The van der Waals surface area contributed by atoms with Crippen LogP contribution in [0.15, 0.2) is 68.7 Å². The highest BCUT2D eigenvalue weighted by Gasteiger charge is 2.23. The Morgan fingerprint density at radius 2 is 1.62 bits per heavy atom. The monoisotopic (exact) mass is 496 g/mol. The molecule has 0 saturated heterocycles. The fraction of sp³-hybridized carbons (Fsp3) is 0.111. The van der Waals surface area contributed by atoms with Gasteiger partial charge in [-0.15, -0.1) is 0 Å². The van der Waals surface area contributed by atoms with E-state index in [-0.39, 0.29) is 24.8 Å². The number of hydrogen-bond acceptors (Lipinski definition) is 9. The number of carbonyl (C=O) groups is 1. The predicted molar refractivity (Wildman–Crippen MR) is 116 cm³/mol. The first-order valence-electron chi connectivity index (χ1n) is 8.80. The van der Waals surface area contributed by atoms with E-state index in [9.17, 15) is 31.7 Å². The Morgan fingerprint density at radius 3 is 2.22 bits per heavy atom. The zero-order valence-corrected chi connectivity index (χ0v) is 18.8. The van der Waals surface area contributed by atoms with Crippen LogP contribution in [0, 0.1) is 17.0 Å². The summed E-state index contributed by atoms with van der Waals surface area (Å²) >= 11 is 0.663. The van der Waals surface area contributed by atoms with Gasteiger partial charge in [0, 0.05) is 12.1 Å². The summed E-state index contributed by atoms with van der Waals surface area (Å²) in [5.41, 5.74) is 0.624. The summed E-state index contributed by atoms with van der Waals surface area (Å²) in [7, 11) is -7.90. The number of amides is 1. The molecule has 14 heteroatoms. The van der Waals surface area contributed by atoms with Gasteiger partial charge in [-0.1, -0.05) is 29.0 Å². The highest BCUT2D eigenvalue weighted by Crippen LogP contribution is 2.29. The van der Waals surface area contributed by atoms with Gasteiger partial charge in [0.1, 0.15) is 4.21 Å². The van der Waals surface area contributed by atoms with E-state index >= 15 is 0 Å². The Labute approximate surface area is 187 Å². The molecule has 2 aromatic carbocycles. The summed E-state index contributed by atoms with van der Waals surface area (Å²) in [6.45, 7) is 1.22. The van der Waals surface area contributed by atoms with Crippen LogP contribution in [-0.2, 0) is 24.7 Å². The quantitative estimate of drug-likeness (QED) is 0.353. The first kappa shape index (κ1) is 23.5. The molecule has 32 heavy (non-hydrogen) atoms. The molecule has 0 saturated carbocycles. The van der Waals surface area contributed by atoms with Crippen LogP contribution in [0.2, 0.25) is 0 Å². The molecule has 0 atom stereocenters. The zero-order valence-electron chi connectivity index (χ0n) is 16.4. The van der Waals surface area contributed by atoms with Crippen LogP contribution < -0.4 is 10.0 Å². The molecular formula is C18H16N4O7S3. The second-order valence-corrected chi connectivity index (χ2v) is 11.4. The third-order valence-electron chi connectivity index (χ3n) is 4.11. The van der Waals surface area contributed by atoms with Gasteiger partial charge in [-0.25, -0.2) is 26.5 Å². The van der Waals surface area contributed by atoms with Crippen molar-refractivity contribution in [3.8, 4) is 0 Å². The summed E-state index contributed by atoms with van der Waals surface area (Å²) in [6, 6.07) is 10.4. The highest BCUT2D eigenvalue weighted by molar-refractivity contribution is 7.93. The van der Waals surface area contributed by atoms with Crippen LogP contribution in [0.3, 0.4) is 0 Å². The molecule has 3 aromatic rings. The Morgan fingerprint density at radius 1 is 1.03 bits per heavy atom. The number of anilines is 1. The first-order chi connectivity index (χ1) is 15.0. The maximum absolute atomic E-state index is 12.6. The van der Waals surface area contributed by atoms with E-state index in [4.69, 9.17) is 0 Å². The molecule has 168 valence electrons. The van der Waals surface area contributed by atoms with Gasteiger partial charge in [0.2, 0.25) is 25.8 Å². The number of nitrogens with one attached hydrogen (secondary N) is 2. The first-order valence-corrected chi connectivity index (χ1v) is 12.6. The molecule has 0 radical (unpaired) electrons. The SMILES string of the molecule is Cc1ccc(S(=O)(=O)NCC(=O)Nc2ncc(S(=O)(=O)c3ccc([N+](=O)[O-])cc3)s2)cc1. The van der Waals surface area contributed by atoms with Gasteiger partial charge in [-0.3, -0.25) is 14.9 Å². The second-order valence-electron chi connectivity index (χ2n) is 6.42. The van der Waals surface area contributed by atoms with Crippen molar-refractivity contribution in [2.45, 2.75) is 20.9 Å². The van der Waals surface area contributed by atoms with Crippen LogP contribution in [-0.4, -0.2) is 39.2 Å². The fourth-order valence-electron chi connectivity index (χ4n) is 2.43. The minimum absolute atomic E-state index is 0.00151. The number of sulfone groups is 1. The number of non-ortho nitro benzene ring substituents is 1. The number of nitrogens with zero attached hydrogens (tertiary/aromatic N) is 2. The average molecular weight is 497 g/mol. The number of aromatic nitrogens is 1. The molecule has 1 aromatic heterocycles. The van der Waals surface area contributed by atoms with E-state index in [0.717, 1.165) is 36.0 Å². The van der Waals surface area contributed by atoms with Crippen molar-refractivity contribution in [2.24, 2.45) is 0 Å². The standard InChI is InChI=1S/C18H16N4O7S3/c1-12-2-6-15(7-3-12)32(28,29)20-10-16(23)21-18-19-11-17(30-18)31(26,27)14-8-4-13(5-9-14)22(24)25/h2-9,11,20H,10H2,1H3,(H,19,21,23). The summed E-state index contributed by atoms with van der Waals surface area (Å²) < 4.78 is 51.7. The molecule has 0 unspecified atom stereocenters. The van der Waals surface area contributed by atoms with Gasteiger partial charge < -0.3 is 5.32 Å². The van der Waals surface area contributed by atoms with E-state index in [1.165, 1.54) is 12.1 Å². The molecule has 0 spiro atoms. The second kappa shape index (κ2) is 9.12. The average Bonchev–Trinajstić information content (AvgIpc) is 3.22. The third kappa shape index (κ3) is 5.34. The summed E-state index contributed by atoms with van der Waals surface area (Å²) in [5, 5.41) is 13.0. The van der Waals surface area contributed by atoms with Crippen LogP contribution in [0.25, 0.3) is 0 Å². The van der Waals surface area contributed by atoms with Crippen LogP contribution in [0.5, 0.6) is 0 Å². The van der Waals surface area contributed by atoms with Crippen molar-refractivity contribution in [1.82, 2.24) is 9.71 Å². The molecule has 0 aliphatic rings. The lowest BCUT2D eigenvalue weighted by Gasteiger charge is -2.06. The Bertz CT molecular complexity index is 1360. The summed E-state index contributed by atoms with van der Waals surface area (Å²) in [5.74, 6) is -0.741. The predicted octanol–water partition coefficient (Wildman–Crippen LogP) is 2.11. The number of benzene rings is 2. The molecule has 11 nitrogen and oxygen atoms in total. The largest absolute Gasteiger partial charge is 0.301 e. The van der Waals surface area contributed by atoms with Crippen molar-refractivity contribution in [3.63, 3.8) is 0 Å². The molecular weight excluding hydrogens is 480 g/mol. The smallest absolute Gasteiger partial charge is 0.269 e. The minimum atomic E-state index is -4.00. The lowest BCUT2D eigenvalue weighted by atomic mass is 10.2. The van der Waals surface area contributed by atoms with Gasteiger partial charge in [0.15, 0.2) is 5.13 Å². The molecule has 1 amide bonds. The van der Waals surface area contributed by atoms with Crippen molar-refractivity contribution in [3.05, 3.63) is 70.4 Å². The fourth-order valence-corrected chi connectivity index (χ4v) is 5.86. The lowest BCUT2D eigenvalue weighted by molar-refractivity contribution is -0.384. The van der Waals surface area contributed by atoms with E-state index in [1.807, 2.05) is 0 Å². The van der Waals surface area contributed by atoms with Crippen molar-refractivity contribution in [1.29, 1.82) is 0 Å². The number of hydrogen-bond donors (Lipinski definition) is 2. The van der Waals surface area contributed by atoms with Gasteiger partial charge >= 0.3 is 0 Å². The van der Waals surface area contributed by atoms with E-state index < -0.39 is 37.2 Å². The number of nitro groups is 1. The minimum Gasteiger partial charge on any atom is -0.301 e. The van der Waals surface area contributed by atoms with Gasteiger partial charge in [-0.2, -0.15) is 0 Å². The van der Waals surface area contributed by atoms with Crippen molar-refractivity contribution >= 4 is 47.9 Å². The Kier molecular flexibility index (Phi) is 6.68. The van der Waals surface area contributed by atoms with Crippen LogP contribution in [0.1, 0.15) is 5.56 Å². The molecule has 0 aliphatic carbocycles. The maximum atomic E-state index is 12.6. The number of nitro benzene ring substituents is 1. The molecule has 3 rings (SSSR count). The number of aryl methyl sites for hydroxylation is 1. The van der Waals surface area contributed by atoms with Crippen molar-refractivity contribution < 1.29 is 26.6 Å². The molecule has 1 heterocycles. The van der Waals surface area contributed by atoms with Crippen LogP contribution in [0.4, 0.5) is 10.8 Å². The zero-order chi connectivity index (χ0) is 23.5. The molecule has 2 N–H and O–H groups in total. The maximum Gasteiger partial charge on any atom is 0.269 e. The van der Waals surface area contributed by atoms with Gasteiger partial charge in [-0.05, 0) is 31.2 Å². The molecule has 0 bridgehead atoms. The topological polar surface area (TPSA) is 165 Å². The summed E-state index contributed by atoms with van der Waals surface area (Å²) in [6.07, 6.45) is 1.04. The van der Waals surface area contributed by atoms with Gasteiger partial charge in [0.25, 0.3) is 5.69 Å². The number of rotatable bonds is 8. The Hall–Kier alpha value is -3.20. The van der Waals surface area contributed by atoms with E-state index in [0.29, 0.717) is 11.3 Å². The lowest BCUT2D eigenvalue weighted by Crippen LogP contribution is -2.32. The Balaban J connectivity index is 1.66. The van der Waals surface area contributed by atoms with E-state index in [1.54, 1.807) is 19.1 Å². The number of carbonyl (C=O) groups excluding carboxylic acids is 1. The number of sulfonamides is 1. The third-order valence-corrected chi connectivity index (χ3v) is 8.67. The van der Waals surface area contributed by atoms with Crippen LogP contribution >= 0.6 is 11.3 Å². The summed E-state index contributed by atoms with van der Waals surface area (Å²) in [4.78, 5) is 25.8. The molecule has 0 fully saturated rings. The van der Waals surface area contributed by atoms with Gasteiger partial charge in [0.05, 0.1) is 27.5 Å². The van der Waals surface area contributed by atoms with E-state index in [2.05, 4.69) is 15.0 Å². The highest BCUT2D eigenvalue weighted by atomic mass is 32.2.